The summed E-state index contributed by atoms with van der Waals surface area (Å²) in [5.41, 5.74) is 0.517. The first kappa shape index (κ1) is 18.3. The Kier molecular flexibility index (Phi) is 5.79. The van der Waals surface area contributed by atoms with Crippen molar-refractivity contribution in [3.05, 3.63) is 42.1 Å². The van der Waals surface area contributed by atoms with E-state index in [4.69, 9.17) is 9.26 Å². The number of nitrogens with zero attached hydrogens (tertiary/aromatic N) is 5. The molecule has 0 aliphatic carbocycles. The minimum Gasteiger partial charge on any atom is -0.482 e. The number of nitrogens with one attached hydrogen (secondary N) is 1. The first-order valence-corrected chi connectivity index (χ1v) is 8.12. The molecule has 0 radical (unpaired) electrons. The molecule has 10 heteroatoms. The minimum atomic E-state index is -0.434. The molecule has 0 bridgehead atoms. The Morgan fingerprint density at radius 1 is 1.27 bits per heavy atom. The Balaban J connectivity index is 0.00000196. The first-order chi connectivity index (χ1) is 12.3. The Bertz CT molecular complexity index is 849. The molecule has 2 aromatic heterocycles. The van der Waals surface area contributed by atoms with Gasteiger partial charge in [-0.2, -0.15) is 4.98 Å². The maximum Gasteiger partial charge on any atom is 0.280 e. The standard InChI is InChI=1S/C16H17FN6O2.ClH/c17-12-3-1-2-4-14(12)24-10-15-19-16(25-21-15)13-9-23(22-20-13)11-5-7-18-8-6-11;/h1-4,9,11,18H,5-8,10H2;1H. The van der Waals surface area contributed by atoms with Gasteiger partial charge < -0.3 is 14.6 Å². The quantitative estimate of drug-likeness (QED) is 0.726. The zero-order chi connectivity index (χ0) is 17.1. The molecule has 1 aromatic carbocycles. The summed E-state index contributed by atoms with van der Waals surface area (Å²) in [6, 6.07) is 6.49. The van der Waals surface area contributed by atoms with Crippen LogP contribution in [0.25, 0.3) is 11.6 Å². The van der Waals surface area contributed by atoms with E-state index in [-0.39, 0.29) is 30.7 Å². The molecular formula is C16H18ClFN6O2. The number of hydrogen-bond donors (Lipinski definition) is 1. The number of hydrogen-bond acceptors (Lipinski definition) is 7. The predicted molar refractivity (Wildman–Crippen MR) is 92.4 cm³/mol. The monoisotopic (exact) mass is 380 g/mol. The zero-order valence-electron chi connectivity index (χ0n) is 13.8. The van der Waals surface area contributed by atoms with E-state index < -0.39 is 5.82 Å². The maximum absolute atomic E-state index is 13.5. The Morgan fingerprint density at radius 3 is 2.88 bits per heavy atom. The third-order valence-electron chi connectivity index (χ3n) is 4.07. The number of ether oxygens (including phenoxy) is 1. The van der Waals surface area contributed by atoms with Crippen LogP contribution in [0.15, 0.2) is 35.0 Å². The van der Waals surface area contributed by atoms with E-state index in [0.717, 1.165) is 25.9 Å². The molecule has 26 heavy (non-hydrogen) atoms. The van der Waals surface area contributed by atoms with E-state index in [1.165, 1.54) is 6.07 Å². The van der Waals surface area contributed by atoms with Crippen LogP contribution in [0.1, 0.15) is 24.7 Å². The summed E-state index contributed by atoms with van der Waals surface area (Å²) in [6.07, 6.45) is 3.83. The first-order valence-electron chi connectivity index (χ1n) is 8.12. The van der Waals surface area contributed by atoms with Gasteiger partial charge in [0.2, 0.25) is 5.82 Å². The lowest BCUT2D eigenvalue weighted by Crippen LogP contribution is -2.29. The molecule has 1 fully saturated rings. The van der Waals surface area contributed by atoms with Crippen molar-refractivity contribution in [2.75, 3.05) is 13.1 Å². The third-order valence-corrected chi connectivity index (χ3v) is 4.07. The normalized spacial score (nSPS) is 14.8. The summed E-state index contributed by atoms with van der Waals surface area (Å²) in [7, 11) is 0. The van der Waals surface area contributed by atoms with Gasteiger partial charge >= 0.3 is 0 Å². The summed E-state index contributed by atoms with van der Waals surface area (Å²) in [5.74, 6) is 0.295. The lowest BCUT2D eigenvalue weighted by molar-refractivity contribution is 0.274. The second-order valence-corrected chi connectivity index (χ2v) is 5.80. The summed E-state index contributed by atoms with van der Waals surface area (Å²) in [5, 5.41) is 15.4. The molecule has 138 valence electrons. The van der Waals surface area contributed by atoms with E-state index in [9.17, 15) is 4.39 Å². The number of rotatable bonds is 5. The highest BCUT2D eigenvalue weighted by Crippen LogP contribution is 2.21. The molecule has 1 aliphatic heterocycles. The van der Waals surface area contributed by atoms with Crippen LogP contribution < -0.4 is 10.1 Å². The predicted octanol–water partition coefficient (Wildman–Crippen LogP) is 2.39. The molecule has 0 amide bonds. The van der Waals surface area contributed by atoms with Crippen LogP contribution in [0.2, 0.25) is 0 Å². The molecule has 0 atom stereocenters. The van der Waals surface area contributed by atoms with Crippen LogP contribution in [0, 0.1) is 5.82 Å². The highest BCUT2D eigenvalue weighted by Gasteiger charge is 2.19. The largest absolute Gasteiger partial charge is 0.482 e. The van der Waals surface area contributed by atoms with Gasteiger partial charge in [0.25, 0.3) is 5.89 Å². The molecule has 0 spiro atoms. The molecule has 1 aliphatic rings. The Morgan fingerprint density at radius 2 is 2.08 bits per heavy atom. The average Bonchev–Trinajstić information content (AvgIpc) is 3.31. The van der Waals surface area contributed by atoms with Gasteiger partial charge in [0.15, 0.2) is 23.9 Å². The summed E-state index contributed by atoms with van der Waals surface area (Å²) >= 11 is 0. The zero-order valence-corrected chi connectivity index (χ0v) is 14.7. The lowest BCUT2D eigenvalue weighted by Gasteiger charge is -2.21. The van der Waals surface area contributed by atoms with E-state index in [1.807, 2.05) is 10.9 Å². The number of halogens is 2. The highest BCUT2D eigenvalue weighted by molar-refractivity contribution is 5.85. The molecule has 4 rings (SSSR count). The van der Waals surface area contributed by atoms with Crippen molar-refractivity contribution in [1.82, 2.24) is 30.5 Å². The van der Waals surface area contributed by atoms with E-state index in [2.05, 4.69) is 25.8 Å². The molecule has 1 saturated heterocycles. The van der Waals surface area contributed by atoms with Crippen molar-refractivity contribution < 1.29 is 13.7 Å². The molecule has 3 heterocycles. The lowest BCUT2D eigenvalue weighted by atomic mass is 10.1. The van der Waals surface area contributed by atoms with Gasteiger partial charge in [-0.3, -0.25) is 0 Å². The number of aromatic nitrogens is 5. The van der Waals surface area contributed by atoms with Crippen molar-refractivity contribution >= 4 is 12.4 Å². The SMILES string of the molecule is Cl.Fc1ccccc1OCc1noc(-c2cn(C3CCNCC3)nn2)n1. The van der Waals surface area contributed by atoms with Crippen LogP contribution in [-0.4, -0.2) is 38.2 Å². The molecule has 3 aromatic rings. The van der Waals surface area contributed by atoms with Crippen molar-refractivity contribution in [3.8, 4) is 17.3 Å². The van der Waals surface area contributed by atoms with Crippen LogP contribution in [-0.2, 0) is 6.61 Å². The second-order valence-electron chi connectivity index (χ2n) is 5.80. The summed E-state index contributed by atoms with van der Waals surface area (Å²) < 4.78 is 25.9. The fraction of sp³-hybridized carbons (Fsp3) is 0.375. The van der Waals surface area contributed by atoms with Crippen molar-refractivity contribution in [2.45, 2.75) is 25.5 Å². The molecule has 1 N–H and O–H groups in total. The van der Waals surface area contributed by atoms with Gasteiger partial charge in [-0.1, -0.05) is 22.5 Å². The number of benzene rings is 1. The second kappa shape index (κ2) is 8.24. The van der Waals surface area contributed by atoms with Gasteiger partial charge in [0, 0.05) is 0 Å². The van der Waals surface area contributed by atoms with Crippen LogP contribution in [0.4, 0.5) is 4.39 Å². The molecule has 0 saturated carbocycles. The fourth-order valence-electron chi connectivity index (χ4n) is 2.75. The van der Waals surface area contributed by atoms with E-state index in [0.29, 0.717) is 17.6 Å². The Hall–Kier alpha value is -2.52. The van der Waals surface area contributed by atoms with E-state index in [1.54, 1.807) is 18.2 Å². The van der Waals surface area contributed by atoms with E-state index >= 15 is 0 Å². The average molecular weight is 381 g/mol. The topological polar surface area (TPSA) is 90.9 Å². The summed E-state index contributed by atoms with van der Waals surface area (Å²) in [6.45, 7) is 1.95. The van der Waals surface area contributed by atoms with Crippen molar-refractivity contribution in [1.29, 1.82) is 0 Å². The van der Waals surface area contributed by atoms with Crippen LogP contribution >= 0.6 is 12.4 Å². The van der Waals surface area contributed by atoms with Crippen molar-refractivity contribution in [2.24, 2.45) is 0 Å². The van der Waals surface area contributed by atoms with Crippen LogP contribution in [0.3, 0.4) is 0 Å². The van der Waals surface area contributed by atoms with Gasteiger partial charge in [-0.25, -0.2) is 9.07 Å². The van der Waals surface area contributed by atoms with Gasteiger partial charge in [0.05, 0.1) is 12.2 Å². The van der Waals surface area contributed by atoms with Gasteiger partial charge in [-0.15, -0.1) is 17.5 Å². The Labute approximate surface area is 155 Å². The minimum absolute atomic E-state index is 0. The third kappa shape index (κ3) is 4.00. The highest BCUT2D eigenvalue weighted by atomic mass is 35.5. The van der Waals surface area contributed by atoms with Gasteiger partial charge in [0.1, 0.15) is 0 Å². The number of para-hydroxylation sites is 1. The van der Waals surface area contributed by atoms with Crippen LogP contribution in [0.5, 0.6) is 5.75 Å². The molecule has 8 nitrogen and oxygen atoms in total. The summed E-state index contributed by atoms with van der Waals surface area (Å²) in [4.78, 5) is 4.23. The molecular weight excluding hydrogens is 363 g/mol. The number of piperidine rings is 1. The van der Waals surface area contributed by atoms with Gasteiger partial charge in [-0.05, 0) is 38.1 Å². The fourth-order valence-corrected chi connectivity index (χ4v) is 2.75. The van der Waals surface area contributed by atoms with Crippen molar-refractivity contribution in [3.63, 3.8) is 0 Å². The smallest absolute Gasteiger partial charge is 0.280 e. The molecule has 0 unspecified atom stereocenters. The maximum atomic E-state index is 13.5.